The van der Waals surface area contributed by atoms with E-state index in [1.54, 1.807) is 25.1 Å². The summed E-state index contributed by atoms with van der Waals surface area (Å²) in [4.78, 5) is 35.5. The van der Waals surface area contributed by atoms with Crippen LogP contribution in [0.2, 0.25) is 0 Å². The number of carbonyl (C=O) groups is 2. The van der Waals surface area contributed by atoms with Gasteiger partial charge in [0, 0.05) is 16.8 Å². The highest BCUT2D eigenvalue weighted by atomic mass is 16.5. The van der Waals surface area contributed by atoms with Crippen LogP contribution in [-0.4, -0.2) is 27.9 Å². The molecule has 0 spiro atoms. The van der Waals surface area contributed by atoms with Gasteiger partial charge in [-0.2, -0.15) is 0 Å². The minimum absolute atomic E-state index is 0.296. The van der Waals surface area contributed by atoms with E-state index in [2.05, 4.69) is 5.32 Å². The van der Waals surface area contributed by atoms with E-state index in [-0.39, 0.29) is 0 Å². The number of fused-ring (bicyclic) bond motifs is 1. The van der Waals surface area contributed by atoms with Crippen LogP contribution < -0.4 is 5.32 Å². The van der Waals surface area contributed by atoms with Crippen LogP contribution in [0.3, 0.4) is 0 Å². The van der Waals surface area contributed by atoms with Gasteiger partial charge >= 0.3 is 5.97 Å². The lowest BCUT2D eigenvalue weighted by Gasteiger charge is -2.15. The molecule has 1 atom stereocenters. The van der Waals surface area contributed by atoms with Crippen molar-refractivity contribution in [3.8, 4) is 22.5 Å². The minimum Gasteiger partial charge on any atom is -0.449 e. The van der Waals surface area contributed by atoms with Crippen molar-refractivity contribution in [2.45, 2.75) is 26.9 Å². The molecular formula is C32H27N3O3. The second-order valence-electron chi connectivity index (χ2n) is 9.21. The standard InChI is InChI=1S/C32H27N3O3/c1-20-14-15-21(2)27(18-20)35-31(36)22(3)38-32(37)25-16-17-26-28(19-25)34-30(24-12-8-5-9-13-24)29(33-26)23-10-6-4-7-11-23/h4-19,22H,1-3H3,(H,35,36). The van der Waals surface area contributed by atoms with Crippen molar-refractivity contribution in [3.63, 3.8) is 0 Å². The van der Waals surface area contributed by atoms with E-state index in [0.29, 0.717) is 22.3 Å². The average molecular weight is 502 g/mol. The number of hydrogen-bond acceptors (Lipinski definition) is 5. The van der Waals surface area contributed by atoms with Crippen molar-refractivity contribution in [2.75, 3.05) is 5.32 Å². The Balaban J connectivity index is 1.42. The van der Waals surface area contributed by atoms with Gasteiger partial charge in [0.2, 0.25) is 0 Å². The molecule has 38 heavy (non-hydrogen) atoms. The number of anilines is 1. The van der Waals surface area contributed by atoms with Gasteiger partial charge in [0.1, 0.15) is 0 Å². The molecule has 0 bridgehead atoms. The summed E-state index contributed by atoms with van der Waals surface area (Å²) in [6.45, 7) is 5.42. The molecule has 4 aromatic carbocycles. The third-order valence-corrected chi connectivity index (χ3v) is 6.30. The van der Waals surface area contributed by atoms with Gasteiger partial charge in [-0.3, -0.25) is 4.79 Å². The Bertz CT molecular complexity index is 1630. The van der Waals surface area contributed by atoms with Gasteiger partial charge in [0.05, 0.1) is 28.0 Å². The minimum atomic E-state index is -0.982. The van der Waals surface area contributed by atoms with E-state index in [9.17, 15) is 9.59 Å². The molecule has 0 aliphatic heterocycles. The van der Waals surface area contributed by atoms with E-state index in [1.165, 1.54) is 0 Å². The Morgan fingerprint density at radius 1 is 0.737 bits per heavy atom. The van der Waals surface area contributed by atoms with Gasteiger partial charge in [-0.1, -0.05) is 72.8 Å². The van der Waals surface area contributed by atoms with Gasteiger partial charge in [-0.25, -0.2) is 14.8 Å². The second-order valence-corrected chi connectivity index (χ2v) is 9.21. The summed E-state index contributed by atoms with van der Waals surface area (Å²) in [7, 11) is 0. The van der Waals surface area contributed by atoms with Gasteiger partial charge in [0.15, 0.2) is 6.10 Å². The first-order valence-electron chi connectivity index (χ1n) is 12.4. The maximum atomic E-state index is 13.0. The topological polar surface area (TPSA) is 81.2 Å². The van der Waals surface area contributed by atoms with Crippen LogP contribution in [0.5, 0.6) is 0 Å². The maximum absolute atomic E-state index is 13.0. The molecule has 5 aromatic rings. The van der Waals surface area contributed by atoms with Gasteiger partial charge in [-0.05, 0) is 56.2 Å². The highest BCUT2D eigenvalue weighted by Crippen LogP contribution is 2.31. The molecule has 1 amide bonds. The number of aromatic nitrogens is 2. The zero-order valence-corrected chi connectivity index (χ0v) is 21.4. The van der Waals surface area contributed by atoms with Crippen LogP contribution in [0.25, 0.3) is 33.5 Å². The first kappa shape index (κ1) is 24.8. The number of nitrogens with one attached hydrogen (secondary N) is 1. The molecule has 1 N–H and O–H groups in total. The molecule has 0 aliphatic rings. The molecule has 0 saturated carbocycles. The summed E-state index contributed by atoms with van der Waals surface area (Å²) in [5.74, 6) is -1.00. The molecule has 0 radical (unpaired) electrons. The van der Waals surface area contributed by atoms with Gasteiger partial charge in [-0.15, -0.1) is 0 Å². The number of carbonyl (C=O) groups excluding carboxylic acids is 2. The van der Waals surface area contributed by atoms with Crippen molar-refractivity contribution in [1.82, 2.24) is 9.97 Å². The Hall–Kier alpha value is -4.84. The molecule has 0 saturated heterocycles. The monoisotopic (exact) mass is 501 g/mol. The van der Waals surface area contributed by atoms with E-state index in [0.717, 1.165) is 33.6 Å². The first-order chi connectivity index (χ1) is 18.4. The Morgan fingerprint density at radius 3 is 1.97 bits per heavy atom. The molecule has 1 aromatic heterocycles. The quantitative estimate of drug-likeness (QED) is 0.260. The number of amides is 1. The molecule has 1 unspecified atom stereocenters. The molecule has 6 heteroatoms. The molecule has 6 nitrogen and oxygen atoms in total. The molecule has 188 valence electrons. The smallest absolute Gasteiger partial charge is 0.338 e. The van der Waals surface area contributed by atoms with Crippen LogP contribution >= 0.6 is 0 Å². The number of esters is 1. The normalized spacial score (nSPS) is 11.7. The fourth-order valence-electron chi connectivity index (χ4n) is 4.16. The molecular weight excluding hydrogens is 474 g/mol. The largest absolute Gasteiger partial charge is 0.449 e. The molecule has 5 rings (SSSR count). The molecule has 0 aliphatic carbocycles. The lowest BCUT2D eigenvalue weighted by Crippen LogP contribution is -2.30. The Kier molecular flexibility index (Phi) is 6.96. The van der Waals surface area contributed by atoms with Crippen molar-refractivity contribution >= 4 is 28.6 Å². The van der Waals surface area contributed by atoms with E-state index < -0.39 is 18.0 Å². The Morgan fingerprint density at radius 2 is 1.34 bits per heavy atom. The SMILES string of the molecule is Cc1ccc(C)c(NC(=O)C(C)OC(=O)c2ccc3nc(-c4ccccc4)c(-c4ccccc4)nc3c2)c1. The fourth-order valence-corrected chi connectivity index (χ4v) is 4.16. The van der Waals surface area contributed by atoms with Crippen LogP contribution in [0.1, 0.15) is 28.4 Å². The van der Waals surface area contributed by atoms with E-state index in [1.807, 2.05) is 92.7 Å². The predicted molar refractivity (Wildman–Crippen MR) is 150 cm³/mol. The molecule has 0 fully saturated rings. The lowest BCUT2D eigenvalue weighted by molar-refractivity contribution is -0.123. The Labute approximate surface area is 221 Å². The number of aryl methyl sites for hydroxylation is 2. The summed E-state index contributed by atoms with van der Waals surface area (Å²) in [5.41, 5.74) is 7.51. The number of hydrogen-bond donors (Lipinski definition) is 1. The van der Waals surface area contributed by atoms with E-state index >= 15 is 0 Å². The fraction of sp³-hybridized carbons (Fsp3) is 0.125. The summed E-state index contributed by atoms with van der Waals surface area (Å²) in [5, 5.41) is 2.85. The van der Waals surface area contributed by atoms with Crippen LogP contribution in [0, 0.1) is 13.8 Å². The van der Waals surface area contributed by atoms with Gasteiger partial charge < -0.3 is 10.1 Å². The third kappa shape index (κ3) is 5.30. The zero-order valence-electron chi connectivity index (χ0n) is 21.4. The number of nitrogens with zero attached hydrogens (tertiary/aromatic N) is 2. The zero-order chi connectivity index (χ0) is 26.6. The highest BCUT2D eigenvalue weighted by molar-refractivity contribution is 5.99. The molecule has 1 heterocycles. The number of ether oxygens (including phenoxy) is 1. The maximum Gasteiger partial charge on any atom is 0.338 e. The lowest BCUT2D eigenvalue weighted by atomic mass is 10.0. The van der Waals surface area contributed by atoms with Crippen LogP contribution in [-0.2, 0) is 9.53 Å². The van der Waals surface area contributed by atoms with Crippen molar-refractivity contribution in [3.05, 3.63) is 114 Å². The summed E-state index contributed by atoms with van der Waals surface area (Å²) in [6, 6.07) is 30.6. The van der Waals surface area contributed by atoms with Crippen molar-refractivity contribution < 1.29 is 14.3 Å². The third-order valence-electron chi connectivity index (χ3n) is 6.30. The van der Waals surface area contributed by atoms with E-state index in [4.69, 9.17) is 14.7 Å². The number of benzene rings is 4. The van der Waals surface area contributed by atoms with Crippen LogP contribution in [0.4, 0.5) is 5.69 Å². The van der Waals surface area contributed by atoms with Crippen LogP contribution in [0.15, 0.2) is 97.1 Å². The van der Waals surface area contributed by atoms with Crippen molar-refractivity contribution in [2.24, 2.45) is 0 Å². The number of rotatable bonds is 6. The second kappa shape index (κ2) is 10.6. The predicted octanol–water partition coefficient (Wildman–Crippen LogP) is 6.76. The summed E-state index contributed by atoms with van der Waals surface area (Å²) < 4.78 is 5.50. The average Bonchev–Trinajstić information content (AvgIpc) is 2.94. The summed E-state index contributed by atoms with van der Waals surface area (Å²) >= 11 is 0. The highest BCUT2D eigenvalue weighted by Gasteiger charge is 2.21. The summed E-state index contributed by atoms with van der Waals surface area (Å²) in [6.07, 6.45) is -0.982. The first-order valence-corrected chi connectivity index (χ1v) is 12.4. The van der Waals surface area contributed by atoms with Gasteiger partial charge in [0.25, 0.3) is 5.91 Å². The van der Waals surface area contributed by atoms with Crippen molar-refractivity contribution in [1.29, 1.82) is 0 Å².